The van der Waals surface area contributed by atoms with Crippen molar-refractivity contribution in [3.63, 3.8) is 0 Å². The quantitative estimate of drug-likeness (QED) is 0.897. The number of thiophene rings is 1. The van der Waals surface area contributed by atoms with Crippen molar-refractivity contribution in [2.45, 2.75) is 26.3 Å². The largest absolute Gasteiger partial charge is 0.481 e. The van der Waals surface area contributed by atoms with Crippen LogP contribution >= 0.6 is 11.3 Å². The molecule has 4 heteroatoms. The smallest absolute Gasteiger partial charge is 0.305 e. The molecule has 0 amide bonds. The van der Waals surface area contributed by atoms with E-state index < -0.39 is 12.0 Å². The van der Waals surface area contributed by atoms with E-state index in [2.05, 4.69) is 26.0 Å². The minimum absolute atomic E-state index is 0.0350. The fraction of sp³-hybridized carbons (Fsp3) is 0.267. The Morgan fingerprint density at radius 1 is 1.26 bits per heavy atom. The summed E-state index contributed by atoms with van der Waals surface area (Å²) in [6.45, 7) is 4.16. The lowest BCUT2D eigenvalue weighted by atomic mass is 10.0. The van der Waals surface area contributed by atoms with Crippen LogP contribution in [0, 0.1) is 13.8 Å². The second-order valence-corrected chi connectivity index (χ2v) is 5.79. The number of rotatable bonds is 4. The van der Waals surface area contributed by atoms with Gasteiger partial charge in [-0.3, -0.25) is 4.79 Å². The van der Waals surface area contributed by atoms with Gasteiger partial charge in [0.1, 0.15) is 0 Å². The highest BCUT2D eigenvalue weighted by atomic mass is 32.1. The molecule has 3 N–H and O–H groups in total. The fourth-order valence-corrected chi connectivity index (χ4v) is 3.36. The highest BCUT2D eigenvalue weighted by Gasteiger charge is 2.15. The molecule has 0 unspecified atom stereocenters. The highest BCUT2D eigenvalue weighted by Crippen LogP contribution is 2.35. The van der Waals surface area contributed by atoms with Gasteiger partial charge < -0.3 is 10.8 Å². The van der Waals surface area contributed by atoms with E-state index in [0.717, 1.165) is 9.75 Å². The van der Waals surface area contributed by atoms with Crippen LogP contribution in [0.3, 0.4) is 0 Å². The first-order chi connectivity index (χ1) is 8.99. The Morgan fingerprint density at radius 2 is 1.89 bits per heavy atom. The minimum atomic E-state index is -0.866. The molecule has 1 aromatic carbocycles. The van der Waals surface area contributed by atoms with Crippen molar-refractivity contribution >= 4 is 17.3 Å². The highest BCUT2D eigenvalue weighted by molar-refractivity contribution is 7.15. The van der Waals surface area contributed by atoms with Crippen LogP contribution in [0.5, 0.6) is 0 Å². The van der Waals surface area contributed by atoms with Crippen molar-refractivity contribution < 1.29 is 9.90 Å². The number of aryl methyl sites for hydroxylation is 2. The predicted molar refractivity (Wildman–Crippen MR) is 78.4 cm³/mol. The average molecular weight is 275 g/mol. The second-order valence-electron chi connectivity index (χ2n) is 4.67. The summed E-state index contributed by atoms with van der Waals surface area (Å²) in [5.41, 5.74) is 9.56. The summed E-state index contributed by atoms with van der Waals surface area (Å²) in [5, 5.41) is 8.78. The van der Waals surface area contributed by atoms with Crippen molar-refractivity contribution in [3.8, 4) is 10.4 Å². The number of carbonyl (C=O) groups is 1. The summed E-state index contributed by atoms with van der Waals surface area (Å²) < 4.78 is 0. The van der Waals surface area contributed by atoms with Crippen LogP contribution < -0.4 is 5.73 Å². The van der Waals surface area contributed by atoms with E-state index in [0.29, 0.717) is 0 Å². The first-order valence-electron chi connectivity index (χ1n) is 6.12. The number of aliphatic carboxylic acids is 1. The first-order valence-corrected chi connectivity index (χ1v) is 6.94. The average Bonchev–Trinajstić information content (AvgIpc) is 2.77. The number of benzene rings is 1. The molecule has 2 aromatic rings. The Morgan fingerprint density at radius 3 is 2.47 bits per heavy atom. The van der Waals surface area contributed by atoms with Gasteiger partial charge in [0, 0.05) is 15.8 Å². The molecule has 0 bridgehead atoms. The Bertz CT molecular complexity index is 584. The molecule has 0 aliphatic rings. The summed E-state index contributed by atoms with van der Waals surface area (Å²) in [5.74, 6) is -0.866. The summed E-state index contributed by atoms with van der Waals surface area (Å²) >= 11 is 1.58. The standard InChI is InChI=1S/C15H17NO2S/c1-9-4-3-5-10(2)15(9)13-7-6-12(19-13)11(16)8-14(17)18/h3-7,11H,8,16H2,1-2H3,(H,17,18)/t11-/m0/s1. The van der Waals surface area contributed by atoms with Gasteiger partial charge in [0.05, 0.1) is 6.42 Å². The topological polar surface area (TPSA) is 63.3 Å². The molecule has 3 nitrogen and oxygen atoms in total. The van der Waals surface area contributed by atoms with Crippen LogP contribution in [-0.2, 0) is 4.79 Å². The molecule has 19 heavy (non-hydrogen) atoms. The molecule has 100 valence electrons. The molecule has 1 heterocycles. The summed E-state index contributed by atoms with van der Waals surface area (Å²) in [6.07, 6.45) is -0.0350. The molecule has 0 fully saturated rings. The molecular weight excluding hydrogens is 258 g/mol. The van der Waals surface area contributed by atoms with E-state index in [1.807, 2.05) is 18.2 Å². The number of nitrogens with two attached hydrogens (primary N) is 1. The molecule has 2 rings (SSSR count). The Kier molecular flexibility index (Phi) is 4.02. The zero-order valence-electron chi connectivity index (χ0n) is 11.0. The van der Waals surface area contributed by atoms with Gasteiger partial charge in [-0.05, 0) is 42.7 Å². The van der Waals surface area contributed by atoms with E-state index in [9.17, 15) is 4.79 Å². The summed E-state index contributed by atoms with van der Waals surface area (Å²) in [7, 11) is 0. The van der Waals surface area contributed by atoms with Crippen LogP contribution in [0.2, 0.25) is 0 Å². The maximum atomic E-state index is 10.7. The normalized spacial score (nSPS) is 12.4. The van der Waals surface area contributed by atoms with E-state index in [-0.39, 0.29) is 6.42 Å². The maximum Gasteiger partial charge on any atom is 0.305 e. The van der Waals surface area contributed by atoms with Crippen molar-refractivity contribution in [2.24, 2.45) is 5.73 Å². The van der Waals surface area contributed by atoms with Gasteiger partial charge in [0.2, 0.25) is 0 Å². The van der Waals surface area contributed by atoms with Crippen LogP contribution in [-0.4, -0.2) is 11.1 Å². The molecule has 0 aliphatic heterocycles. The van der Waals surface area contributed by atoms with Crippen molar-refractivity contribution in [1.29, 1.82) is 0 Å². The fourth-order valence-electron chi connectivity index (χ4n) is 2.18. The predicted octanol–water partition coefficient (Wildman–Crippen LogP) is 3.51. The molecule has 0 aliphatic carbocycles. The van der Waals surface area contributed by atoms with Gasteiger partial charge in [-0.25, -0.2) is 0 Å². The second kappa shape index (κ2) is 5.55. The minimum Gasteiger partial charge on any atom is -0.481 e. The third-order valence-corrected chi connectivity index (χ3v) is 4.35. The molecule has 0 saturated carbocycles. The van der Waals surface area contributed by atoms with E-state index in [4.69, 9.17) is 10.8 Å². The van der Waals surface area contributed by atoms with Crippen molar-refractivity contribution in [3.05, 3.63) is 46.3 Å². The van der Waals surface area contributed by atoms with Gasteiger partial charge in [-0.2, -0.15) is 0 Å². The summed E-state index contributed by atoms with van der Waals surface area (Å²) in [6, 6.07) is 9.73. The molecule has 1 atom stereocenters. The number of carboxylic acid groups (broad SMARTS) is 1. The van der Waals surface area contributed by atoms with Crippen LogP contribution in [0.15, 0.2) is 30.3 Å². The van der Waals surface area contributed by atoms with Crippen molar-refractivity contribution in [2.75, 3.05) is 0 Å². The van der Waals surface area contributed by atoms with E-state index in [1.165, 1.54) is 16.7 Å². The van der Waals surface area contributed by atoms with Crippen molar-refractivity contribution in [1.82, 2.24) is 0 Å². The Hall–Kier alpha value is -1.65. The number of hydrogen-bond acceptors (Lipinski definition) is 3. The monoisotopic (exact) mass is 275 g/mol. The molecule has 0 saturated heterocycles. The zero-order valence-corrected chi connectivity index (χ0v) is 11.8. The SMILES string of the molecule is Cc1cccc(C)c1-c1ccc([C@@H](N)CC(=O)O)s1. The Labute approximate surface area is 116 Å². The molecule has 0 radical (unpaired) electrons. The van der Waals surface area contributed by atoms with E-state index >= 15 is 0 Å². The third kappa shape index (κ3) is 3.03. The van der Waals surface area contributed by atoms with Gasteiger partial charge in [0.25, 0.3) is 0 Å². The van der Waals surface area contributed by atoms with Crippen LogP contribution in [0.25, 0.3) is 10.4 Å². The van der Waals surface area contributed by atoms with Crippen LogP contribution in [0.1, 0.15) is 28.5 Å². The molecule has 1 aromatic heterocycles. The van der Waals surface area contributed by atoms with Gasteiger partial charge in [-0.15, -0.1) is 11.3 Å². The van der Waals surface area contributed by atoms with Gasteiger partial charge in [0.15, 0.2) is 0 Å². The number of carboxylic acids is 1. The lowest BCUT2D eigenvalue weighted by molar-refractivity contribution is -0.137. The lowest BCUT2D eigenvalue weighted by Gasteiger charge is -2.08. The summed E-state index contributed by atoms with van der Waals surface area (Å²) in [4.78, 5) is 12.8. The molecular formula is C15H17NO2S. The number of hydrogen-bond donors (Lipinski definition) is 2. The third-order valence-electron chi connectivity index (χ3n) is 3.11. The molecule has 0 spiro atoms. The van der Waals surface area contributed by atoms with Crippen LogP contribution in [0.4, 0.5) is 0 Å². The zero-order chi connectivity index (χ0) is 14.0. The lowest BCUT2D eigenvalue weighted by Crippen LogP contribution is -2.13. The first kappa shape index (κ1) is 13.8. The maximum absolute atomic E-state index is 10.7. The van der Waals surface area contributed by atoms with Gasteiger partial charge >= 0.3 is 5.97 Å². The van der Waals surface area contributed by atoms with E-state index in [1.54, 1.807) is 11.3 Å². The Balaban J connectivity index is 2.33. The van der Waals surface area contributed by atoms with Gasteiger partial charge in [-0.1, -0.05) is 18.2 Å².